The summed E-state index contributed by atoms with van der Waals surface area (Å²) in [7, 11) is 0. The molecule has 2 N–H and O–H groups in total. The Morgan fingerprint density at radius 3 is 2.73 bits per heavy atom. The van der Waals surface area contributed by atoms with Gasteiger partial charge in [-0.2, -0.15) is 0 Å². The summed E-state index contributed by atoms with van der Waals surface area (Å²) >= 11 is 1.54. The maximum absolute atomic E-state index is 13.0. The van der Waals surface area contributed by atoms with Gasteiger partial charge in [0.1, 0.15) is 5.00 Å². The molecule has 1 aliphatic heterocycles. The number of carbonyl (C=O) groups excluding carboxylic acids is 2. The van der Waals surface area contributed by atoms with Crippen LogP contribution in [0.3, 0.4) is 0 Å². The van der Waals surface area contributed by atoms with Gasteiger partial charge in [0.05, 0.1) is 11.7 Å². The third-order valence-electron chi connectivity index (χ3n) is 5.65. The van der Waals surface area contributed by atoms with E-state index >= 15 is 0 Å². The van der Waals surface area contributed by atoms with Crippen molar-refractivity contribution in [3.63, 3.8) is 0 Å². The number of hydrogen-bond donors (Lipinski definition) is 2. The van der Waals surface area contributed by atoms with Gasteiger partial charge in [-0.05, 0) is 62.7 Å². The number of nitrogens with one attached hydrogen (secondary N) is 2. The van der Waals surface area contributed by atoms with E-state index in [0.717, 1.165) is 56.3 Å². The number of fused-ring (bicyclic) bond motifs is 1. The molecule has 0 saturated carbocycles. The van der Waals surface area contributed by atoms with Gasteiger partial charge in [0, 0.05) is 24.1 Å². The van der Waals surface area contributed by atoms with E-state index in [1.54, 1.807) is 17.4 Å². The van der Waals surface area contributed by atoms with Crippen LogP contribution < -0.4 is 10.6 Å². The van der Waals surface area contributed by atoms with Crippen molar-refractivity contribution >= 4 is 34.2 Å². The zero-order valence-electron chi connectivity index (χ0n) is 17.3. The van der Waals surface area contributed by atoms with Gasteiger partial charge in [0.15, 0.2) is 0 Å². The summed E-state index contributed by atoms with van der Waals surface area (Å²) in [6, 6.07) is 7.99. The second kappa shape index (κ2) is 9.58. The van der Waals surface area contributed by atoms with Crippen LogP contribution >= 0.6 is 11.3 Å². The van der Waals surface area contributed by atoms with E-state index in [0.29, 0.717) is 17.1 Å². The molecule has 30 heavy (non-hydrogen) atoms. The first kappa shape index (κ1) is 20.8. The van der Waals surface area contributed by atoms with Crippen LogP contribution in [0.4, 0.5) is 5.00 Å². The first-order valence-electron chi connectivity index (χ1n) is 10.7. The maximum atomic E-state index is 13.0. The molecule has 4 rings (SSSR count). The Labute approximate surface area is 181 Å². The van der Waals surface area contributed by atoms with Crippen LogP contribution in [-0.2, 0) is 22.4 Å². The summed E-state index contributed by atoms with van der Waals surface area (Å²) in [5.41, 5.74) is 3.90. The molecule has 2 aromatic rings. The van der Waals surface area contributed by atoms with E-state index in [1.807, 2.05) is 31.2 Å². The van der Waals surface area contributed by atoms with Crippen molar-refractivity contribution in [2.45, 2.75) is 51.6 Å². The van der Waals surface area contributed by atoms with Gasteiger partial charge < -0.3 is 15.4 Å². The fraction of sp³-hybridized carbons (Fsp3) is 0.417. The van der Waals surface area contributed by atoms with E-state index in [-0.39, 0.29) is 17.9 Å². The molecule has 5 nitrogen and oxygen atoms in total. The minimum atomic E-state index is -0.220. The van der Waals surface area contributed by atoms with E-state index < -0.39 is 0 Å². The highest BCUT2D eigenvalue weighted by molar-refractivity contribution is 7.17. The number of hydrogen-bond acceptors (Lipinski definition) is 4. The average molecular weight is 425 g/mol. The molecule has 1 fully saturated rings. The highest BCUT2D eigenvalue weighted by Gasteiger charge is 2.27. The summed E-state index contributed by atoms with van der Waals surface area (Å²) in [6.45, 7) is 3.32. The first-order valence-corrected chi connectivity index (χ1v) is 11.5. The predicted molar refractivity (Wildman–Crippen MR) is 121 cm³/mol. The van der Waals surface area contributed by atoms with Crippen molar-refractivity contribution in [2.24, 2.45) is 0 Å². The minimum absolute atomic E-state index is 0.0962. The number of carbonyl (C=O) groups is 2. The zero-order valence-corrected chi connectivity index (χ0v) is 18.1. The van der Waals surface area contributed by atoms with Crippen molar-refractivity contribution in [3.8, 4) is 0 Å². The summed E-state index contributed by atoms with van der Waals surface area (Å²) in [5, 5.41) is 6.64. The lowest BCUT2D eigenvalue weighted by Crippen LogP contribution is -2.32. The van der Waals surface area contributed by atoms with Crippen LogP contribution in [-0.4, -0.2) is 31.1 Å². The lowest BCUT2D eigenvalue weighted by Gasteiger charge is -2.15. The molecule has 0 radical (unpaired) electrons. The minimum Gasteiger partial charge on any atom is -0.376 e. The van der Waals surface area contributed by atoms with Gasteiger partial charge in [-0.3, -0.25) is 9.59 Å². The molecule has 1 aliphatic carbocycles. The molecule has 1 aromatic carbocycles. The number of aryl methyl sites for hydroxylation is 2. The molecule has 1 aromatic heterocycles. The Bertz CT molecular complexity index is 940. The lowest BCUT2D eigenvalue weighted by molar-refractivity contribution is -0.111. The second-order valence-electron chi connectivity index (χ2n) is 7.99. The highest BCUT2D eigenvalue weighted by atomic mass is 32.1. The maximum Gasteiger partial charge on any atom is 0.254 e. The Hall–Kier alpha value is -2.44. The number of amides is 2. The summed E-state index contributed by atoms with van der Waals surface area (Å²) < 4.78 is 5.62. The molecule has 158 valence electrons. The van der Waals surface area contributed by atoms with Crippen molar-refractivity contribution in [1.82, 2.24) is 5.32 Å². The third-order valence-corrected chi connectivity index (χ3v) is 6.86. The topological polar surface area (TPSA) is 67.4 Å². The molecule has 0 spiro atoms. The van der Waals surface area contributed by atoms with Gasteiger partial charge in [0.25, 0.3) is 5.91 Å². The smallest absolute Gasteiger partial charge is 0.254 e. The molecule has 2 amide bonds. The summed E-state index contributed by atoms with van der Waals surface area (Å²) in [6.07, 6.45) is 9.51. The normalized spacial score (nSPS) is 18.4. The average Bonchev–Trinajstić information content (AvgIpc) is 3.39. The van der Waals surface area contributed by atoms with Crippen molar-refractivity contribution in [1.29, 1.82) is 0 Å². The molecule has 2 aliphatic rings. The Morgan fingerprint density at radius 2 is 1.97 bits per heavy atom. The fourth-order valence-corrected chi connectivity index (χ4v) is 5.29. The molecule has 0 bridgehead atoms. The second-order valence-corrected chi connectivity index (χ2v) is 9.10. The van der Waals surface area contributed by atoms with Gasteiger partial charge in [0.2, 0.25) is 5.91 Å². The SMILES string of the molecule is Cc1ccc(/C=C/C(=O)Nc2sc3c(c2C(=O)NC[C@H]2CCCO2)CCCC3)cc1. The van der Waals surface area contributed by atoms with Crippen molar-refractivity contribution in [2.75, 3.05) is 18.5 Å². The molecule has 0 unspecified atom stereocenters. The van der Waals surface area contributed by atoms with Crippen LogP contribution in [0.15, 0.2) is 30.3 Å². The van der Waals surface area contributed by atoms with E-state index in [4.69, 9.17) is 4.74 Å². The number of benzene rings is 1. The van der Waals surface area contributed by atoms with Gasteiger partial charge in [-0.1, -0.05) is 29.8 Å². The largest absolute Gasteiger partial charge is 0.376 e. The highest BCUT2D eigenvalue weighted by Crippen LogP contribution is 2.38. The van der Waals surface area contributed by atoms with Gasteiger partial charge >= 0.3 is 0 Å². The monoisotopic (exact) mass is 424 g/mol. The van der Waals surface area contributed by atoms with Crippen LogP contribution in [0.25, 0.3) is 6.08 Å². The Balaban J connectivity index is 1.48. The van der Waals surface area contributed by atoms with Crippen molar-refractivity contribution < 1.29 is 14.3 Å². The fourth-order valence-electron chi connectivity index (χ4n) is 4.00. The number of rotatable bonds is 6. The number of ether oxygens (including phenoxy) is 1. The lowest BCUT2D eigenvalue weighted by atomic mass is 9.95. The van der Waals surface area contributed by atoms with Crippen LogP contribution in [0.2, 0.25) is 0 Å². The van der Waals surface area contributed by atoms with Gasteiger partial charge in [-0.15, -0.1) is 11.3 Å². The van der Waals surface area contributed by atoms with Gasteiger partial charge in [-0.25, -0.2) is 0 Å². The number of anilines is 1. The van der Waals surface area contributed by atoms with Crippen molar-refractivity contribution in [3.05, 3.63) is 57.5 Å². The molecule has 2 heterocycles. The van der Waals surface area contributed by atoms with Crippen LogP contribution in [0.5, 0.6) is 0 Å². The summed E-state index contributed by atoms with van der Waals surface area (Å²) in [4.78, 5) is 26.8. The van der Waals surface area contributed by atoms with Crippen LogP contribution in [0, 0.1) is 6.92 Å². The molecular weight excluding hydrogens is 396 g/mol. The molecule has 6 heteroatoms. The first-order chi connectivity index (χ1) is 14.6. The van der Waals surface area contributed by atoms with Crippen LogP contribution in [0.1, 0.15) is 57.6 Å². The summed E-state index contributed by atoms with van der Waals surface area (Å²) in [5.74, 6) is -0.329. The standard InChI is InChI=1S/C24H28N2O3S/c1-16-8-10-17(11-9-16)12-13-21(27)26-24-22(19-6-2-3-7-20(19)30-24)23(28)25-15-18-5-4-14-29-18/h8-13,18H,2-7,14-15H2,1H3,(H,25,28)(H,26,27)/b13-12+/t18-/m1/s1. The molecule has 1 saturated heterocycles. The van der Waals surface area contributed by atoms with E-state index in [9.17, 15) is 9.59 Å². The Kier molecular flexibility index (Phi) is 6.65. The number of thiophene rings is 1. The zero-order chi connectivity index (χ0) is 20.9. The van der Waals surface area contributed by atoms with E-state index in [1.165, 1.54) is 16.5 Å². The Morgan fingerprint density at radius 1 is 1.17 bits per heavy atom. The molecular formula is C24H28N2O3S. The molecule has 1 atom stereocenters. The quantitative estimate of drug-likeness (QED) is 0.671. The predicted octanol–water partition coefficient (Wildman–Crippen LogP) is 4.50. The van der Waals surface area contributed by atoms with E-state index in [2.05, 4.69) is 10.6 Å². The third kappa shape index (κ3) is 4.99.